The number of halogens is 5. The van der Waals surface area contributed by atoms with Crippen LogP contribution in [0.3, 0.4) is 0 Å². The normalized spacial score (nSPS) is 20.6. The first-order valence-corrected chi connectivity index (χ1v) is 14.7. The molecule has 0 bridgehead atoms. The lowest BCUT2D eigenvalue weighted by Gasteiger charge is -2.44. The first-order valence-electron chi connectivity index (χ1n) is 13.7. The van der Waals surface area contributed by atoms with Crippen molar-refractivity contribution < 1.29 is 26.7 Å². The monoisotopic (exact) mass is 631 g/mol. The highest BCUT2D eigenvalue weighted by molar-refractivity contribution is 7.99. The van der Waals surface area contributed by atoms with Crippen LogP contribution in [0.2, 0.25) is 0 Å². The van der Waals surface area contributed by atoms with E-state index in [4.69, 9.17) is 0 Å². The minimum Gasteiger partial charge on any atom is -0.352 e. The quantitative estimate of drug-likeness (QED) is 0.234. The Hall–Kier alpha value is -4.27. The number of nitrogens with zero attached hydrogens (tertiary/aromatic N) is 7. The highest BCUT2D eigenvalue weighted by Crippen LogP contribution is 2.49. The predicted octanol–water partition coefficient (Wildman–Crippen LogP) is 4.91. The number of hydrogen-bond donors (Lipinski definition) is 0. The second kappa shape index (κ2) is 11.0. The summed E-state index contributed by atoms with van der Waals surface area (Å²) >= 11 is 1.03. The number of amides is 1. The molecule has 1 unspecified atom stereocenters. The first-order chi connectivity index (χ1) is 20.9. The van der Waals surface area contributed by atoms with Crippen molar-refractivity contribution in [3.8, 4) is 11.1 Å². The van der Waals surface area contributed by atoms with Crippen LogP contribution in [0, 0.1) is 11.6 Å². The number of hydrogen-bond acceptors (Lipinski definition) is 7. The van der Waals surface area contributed by atoms with Crippen LogP contribution in [0.5, 0.6) is 0 Å². The zero-order chi connectivity index (χ0) is 31.5. The Balaban J connectivity index is 1.65. The summed E-state index contributed by atoms with van der Waals surface area (Å²) in [4.78, 5) is 33.9. The van der Waals surface area contributed by atoms with Gasteiger partial charge in [-0.3, -0.25) is 9.36 Å². The molecule has 0 aliphatic carbocycles. The smallest absolute Gasteiger partial charge is 0.352 e. The van der Waals surface area contributed by atoms with Crippen molar-refractivity contribution in [2.24, 2.45) is 0 Å². The average Bonchev–Trinajstić information content (AvgIpc) is 3.42. The van der Waals surface area contributed by atoms with Crippen molar-refractivity contribution in [1.29, 1.82) is 0 Å². The van der Waals surface area contributed by atoms with E-state index >= 15 is 4.39 Å². The molecule has 0 N–H and O–H groups in total. The highest BCUT2D eigenvalue weighted by atomic mass is 32.2. The van der Waals surface area contributed by atoms with Crippen LogP contribution >= 0.6 is 11.8 Å². The summed E-state index contributed by atoms with van der Waals surface area (Å²) in [5.74, 6) is -2.19. The molecule has 2 aromatic heterocycles. The molecule has 1 fully saturated rings. The van der Waals surface area contributed by atoms with Gasteiger partial charge in [-0.15, -0.1) is 16.9 Å². The van der Waals surface area contributed by atoms with Gasteiger partial charge in [0.1, 0.15) is 17.5 Å². The van der Waals surface area contributed by atoms with Gasteiger partial charge in [0.25, 0.3) is 0 Å². The molecule has 0 radical (unpaired) electrons. The van der Waals surface area contributed by atoms with Gasteiger partial charge in [-0.25, -0.2) is 18.3 Å². The maximum atomic E-state index is 15.2. The summed E-state index contributed by atoms with van der Waals surface area (Å²) in [6.45, 7) is 7.53. The summed E-state index contributed by atoms with van der Waals surface area (Å²) in [7, 11) is 0. The molecule has 4 aromatic rings. The van der Waals surface area contributed by atoms with Crippen molar-refractivity contribution >= 4 is 34.4 Å². The Morgan fingerprint density at radius 1 is 1.11 bits per heavy atom. The lowest BCUT2D eigenvalue weighted by Crippen LogP contribution is -2.58. The molecule has 9 nitrogen and oxygen atoms in total. The number of carbonyl (C=O) groups is 1. The van der Waals surface area contributed by atoms with E-state index in [1.54, 1.807) is 29.8 Å². The standard InChI is InChI=1S/C29H26F5N7O2S/c1-4-23(42)41-15(2)11-38(12-16(41)3)27-20-10-21(29(32,33)34)24(19-6-5-17(30)9-22(19)31)26-25(20)39(28(43)36-27)13-18(14-44-26)40-8-7-35-37-40/h4-10,15-16,18H,1,11-14H2,2-3H3/t15-,16+,18?. The fourth-order valence-electron chi connectivity index (χ4n) is 6.18. The molecule has 0 spiro atoms. The van der Waals surface area contributed by atoms with Crippen LogP contribution in [0.25, 0.3) is 22.0 Å². The number of benzene rings is 2. The van der Waals surface area contributed by atoms with Crippen molar-refractivity contribution in [1.82, 2.24) is 29.4 Å². The number of alkyl halides is 3. The highest BCUT2D eigenvalue weighted by Gasteiger charge is 2.40. The SMILES string of the molecule is C=CC(=O)N1[C@H](C)CN(c2nc(=O)n3c4c(c(-c5ccc(F)cc5F)c(C(F)(F)F)cc24)SCC(n2ccnn2)C3)C[C@@H]1C. The van der Waals surface area contributed by atoms with Gasteiger partial charge in [0.15, 0.2) is 0 Å². The zero-order valence-electron chi connectivity index (χ0n) is 23.6. The summed E-state index contributed by atoms with van der Waals surface area (Å²) in [5, 5.41) is 7.89. The van der Waals surface area contributed by atoms with Gasteiger partial charge < -0.3 is 9.80 Å². The lowest BCUT2D eigenvalue weighted by molar-refractivity contribution is -0.137. The number of rotatable bonds is 4. The third-order valence-electron chi connectivity index (χ3n) is 7.98. The van der Waals surface area contributed by atoms with Gasteiger partial charge in [-0.2, -0.15) is 18.2 Å². The molecule has 2 aliphatic heterocycles. The van der Waals surface area contributed by atoms with Crippen LogP contribution < -0.4 is 10.6 Å². The number of thioether (sulfide) groups is 1. The van der Waals surface area contributed by atoms with Crippen molar-refractivity contribution in [3.05, 3.63) is 77.0 Å². The molecule has 15 heteroatoms. The Morgan fingerprint density at radius 2 is 1.84 bits per heavy atom. The predicted molar refractivity (Wildman–Crippen MR) is 154 cm³/mol. The van der Waals surface area contributed by atoms with Crippen LogP contribution in [-0.4, -0.2) is 66.3 Å². The minimum atomic E-state index is -4.95. The topological polar surface area (TPSA) is 89.2 Å². The molecule has 4 heterocycles. The fraction of sp³-hybridized carbons (Fsp3) is 0.345. The number of anilines is 1. The second-order valence-electron chi connectivity index (χ2n) is 10.9. The van der Waals surface area contributed by atoms with E-state index in [0.717, 1.165) is 30.0 Å². The Labute approximate surface area is 252 Å². The molecule has 3 atom stereocenters. The van der Waals surface area contributed by atoms with E-state index < -0.39 is 46.2 Å². The van der Waals surface area contributed by atoms with E-state index in [2.05, 4.69) is 21.9 Å². The van der Waals surface area contributed by atoms with E-state index in [0.29, 0.717) is 6.07 Å². The summed E-state index contributed by atoms with van der Waals surface area (Å²) in [6, 6.07) is 2.04. The van der Waals surface area contributed by atoms with Crippen LogP contribution in [0.4, 0.5) is 27.8 Å². The van der Waals surface area contributed by atoms with Gasteiger partial charge in [-0.1, -0.05) is 11.8 Å². The Morgan fingerprint density at radius 3 is 2.45 bits per heavy atom. The van der Waals surface area contributed by atoms with Gasteiger partial charge >= 0.3 is 11.9 Å². The molecular weight excluding hydrogens is 605 g/mol. The maximum absolute atomic E-state index is 15.2. The third kappa shape index (κ3) is 5.02. The van der Waals surface area contributed by atoms with Gasteiger partial charge in [0, 0.05) is 64.6 Å². The van der Waals surface area contributed by atoms with E-state index in [-0.39, 0.29) is 65.0 Å². The van der Waals surface area contributed by atoms with E-state index in [1.807, 2.05) is 0 Å². The van der Waals surface area contributed by atoms with Gasteiger partial charge in [-0.05, 0) is 38.1 Å². The van der Waals surface area contributed by atoms with Crippen LogP contribution in [0.1, 0.15) is 25.5 Å². The second-order valence-corrected chi connectivity index (χ2v) is 11.9. The average molecular weight is 632 g/mol. The summed E-state index contributed by atoms with van der Waals surface area (Å²) < 4.78 is 76.6. The van der Waals surface area contributed by atoms with Gasteiger partial charge in [0.05, 0.1) is 29.9 Å². The molecule has 0 saturated carbocycles. The van der Waals surface area contributed by atoms with Crippen molar-refractivity contribution in [2.45, 2.75) is 49.6 Å². The number of carbonyl (C=O) groups excluding carboxylic acids is 1. The minimum absolute atomic E-state index is 0.0110. The van der Waals surface area contributed by atoms with Crippen molar-refractivity contribution in [3.63, 3.8) is 0 Å². The summed E-state index contributed by atoms with van der Waals surface area (Å²) in [6.07, 6.45) is -0.719. The molecular formula is C29H26F5N7O2S. The van der Waals surface area contributed by atoms with Crippen LogP contribution in [-0.2, 0) is 17.5 Å². The lowest BCUT2D eigenvalue weighted by atomic mass is 9.95. The zero-order valence-corrected chi connectivity index (χ0v) is 24.4. The number of piperazine rings is 1. The summed E-state index contributed by atoms with van der Waals surface area (Å²) in [5.41, 5.74) is -2.63. The van der Waals surface area contributed by atoms with E-state index in [1.165, 1.54) is 21.5 Å². The molecule has 2 aliphatic rings. The van der Waals surface area contributed by atoms with Gasteiger partial charge in [0.2, 0.25) is 5.91 Å². The fourth-order valence-corrected chi connectivity index (χ4v) is 7.52. The molecule has 44 heavy (non-hydrogen) atoms. The van der Waals surface area contributed by atoms with E-state index in [9.17, 15) is 27.2 Å². The Bertz CT molecular complexity index is 1830. The first kappa shape index (κ1) is 29.8. The number of aromatic nitrogens is 5. The van der Waals surface area contributed by atoms with Crippen LogP contribution in [0.15, 0.2) is 59.0 Å². The molecule has 1 saturated heterocycles. The molecule has 6 rings (SSSR count). The van der Waals surface area contributed by atoms with Crippen molar-refractivity contribution in [2.75, 3.05) is 23.7 Å². The molecule has 1 amide bonds. The third-order valence-corrected chi connectivity index (χ3v) is 9.22. The Kier molecular flexibility index (Phi) is 7.46. The molecule has 230 valence electrons. The largest absolute Gasteiger partial charge is 0.417 e. The maximum Gasteiger partial charge on any atom is 0.417 e. The molecule has 2 aromatic carbocycles.